The van der Waals surface area contributed by atoms with Gasteiger partial charge < -0.3 is 10.6 Å². The van der Waals surface area contributed by atoms with Crippen LogP contribution in [0.3, 0.4) is 0 Å². The molecule has 9 nitrogen and oxygen atoms in total. The molecule has 1 aliphatic heterocycles. The molecule has 0 aliphatic carbocycles. The van der Waals surface area contributed by atoms with Crippen molar-refractivity contribution in [2.75, 3.05) is 17.2 Å². The van der Waals surface area contributed by atoms with Crippen molar-refractivity contribution in [1.29, 1.82) is 0 Å². The molecule has 0 bridgehead atoms. The lowest BCUT2D eigenvalue weighted by atomic mass is 9.97. The Morgan fingerprint density at radius 1 is 1.09 bits per heavy atom. The maximum Gasteiger partial charge on any atom is 0.228 e. The Balaban J connectivity index is 1.32. The number of hydrogen-bond donors (Lipinski definition) is 2. The second-order valence-electron chi connectivity index (χ2n) is 8.02. The number of aromatic nitrogens is 7. The van der Waals surface area contributed by atoms with Gasteiger partial charge in [0.2, 0.25) is 5.95 Å². The molecular weight excluding hydrogens is 438 g/mol. The molecule has 1 atom stereocenters. The average Bonchev–Trinajstić information content (AvgIpc) is 3.44. The highest BCUT2D eigenvalue weighted by Crippen LogP contribution is 2.32. The number of halogens is 1. The van der Waals surface area contributed by atoms with Crippen LogP contribution in [0.25, 0.3) is 16.9 Å². The van der Waals surface area contributed by atoms with Crippen molar-refractivity contribution in [3.63, 3.8) is 0 Å². The largest absolute Gasteiger partial charge is 0.370 e. The van der Waals surface area contributed by atoms with Gasteiger partial charge in [-0.2, -0.15) is 5.10 Å². The Labute approximate surface area is 194 Å². The molecule has 0 saturated heterocycles. The van der Waals surface area contributed by atoms with Crippen LogP contribution in [0.15, 0.2) is 60.9 Å². The van der Waals surface area contributed by atoms with E-state index in [2.05, 4.69) is 58.5 Å². The summed E-state index contributed by atoms with van der Waals surface area (Å²) in [5, 5.41) is 20.6. The molecule has 1 aliphatic rings. The normalized spacial score (nSPS) is 14.9. The van der Waals surface area contributed by atoms with Gasteiger partial charge in [0.05, 0.1) is 11.9 Å². The van der Waals surface area contributed by atoms with Gasteiger partial charge in [0, 0.05) is 42.4 Å². The molecule has 4 aromatic heterocycles. The summed E-state index contributed by atoms with van der Waals surface area (Å²) in [4.78, 5) is 9.02. The van der Waals surface area contributed by atoms with Crippen LogP contribution in [0.4, 0.5) is 17.6 Å². The van der Waals surface area contributed by atoms with E-state index in [0.717, 1.165) is 52.4 Å². The summed E-state index contributed by atoms with van der Waals surface area (Å²) >= 11 is 6.03. The maximum absolute atomic E-state index is 6.03. The van der Waals surface area contributed by atoms with Crippen molar-refractivity contribution in [1.82, 2.24) is 34.3 Å². The fraction of sp³-hybridized carbons (Fsp3) is 0.174. The third kappa shape index (κ3) is 3.66. The summed E-state index contributed by atoms with van der Waals surface area (Å²) in [6, 6.07) is 15.8. The van der Waals surface area contributed by atoms with E-state index >= 15 is 0 Å². The van der Waals surface area contributed by atoms with Crippen LogP contribution >= 0.6 is 11.6 Å². The van der Waals surface area contributed by atoms with Crippen LogP contribution in [-0.2, 0) is 13.5 Å². The second kappa shape index (κ2) is 7.86. The lowest BCUT2D eigenvalue weighted by molar-refractivity contribution is 0.635. The van der Waals surface area contributed by atoms with E-state index in [9.17, 15) is 0 Å². The predicted molar refractivity (Wildman–Crippen MR) is 127 cm³/mol. The number of nitrogens with one attached hydrogen (secondary N) is 2. The van der Waals surface area contributed by atoms with Gasteiger partial charge in [0.25, 0.3) is 0 Å². The minimum atomic E-state index is 0.216. The van der Waals surface area contributed by atoms with Gasteiger partial charge >= 0.3 is 0 Å². The van der Waals surface area contributed by atoms with Crippen molar-refractivity contribution >= 4 is 34.8 Å². The SMILES string of the molecule is Cn1nccc1Nc1nccc(-c2cc3n4c(nnc4c2)C(Cc2ccc(Cl)cc2)CN3)n1. The van der Waals surface area contributed by atoms with E-state index < -0.39 is 0 Å². The van der Waals surface area contributed by atoms with Crippen LogP contribution in [0.5, 0.6) is 0 Å². The molecule has 0 radical (unpaired) electrons. The Morgan fingerprint density at radius 3 is 2.79 bits per heavy atom. The van der Waals surface area contributed by atoms with Gasteiger partial charge in [-0.3, -0.25) is 9.08 Å². The van der Waals surface area contributed by atoms with E-state index in [4.69, 9.17) is 11.6 Å². The van der Waals surface area contributed by atoms with Gasteiger partial charge in [0.15, 0.2) is 5.65 Å². The zero-order chi connectivity index (χ0) is 22.4. The number of hydrogen-bond acceptors (Lipinski definition) is 7. The number of anilines is 3. The molecule has 1 unspecified atom stereocenters. The van der Waals surface area contributed by atoms with Crippen molar-refractivity contribution < 1.29 is 0 Å². The smallest absolute Gasteiger partial charge is 0.228 e. The molecule has 10 heteroatoms. The topological polar surface area (TPSA) is 97.9 Å². The summed E-state index contributed by atoms with van der Waals surface area (Å²) in [5.41, 5.74) is 3.74. The molecule has 5 aromatic rings. The summed E-state index contributed by atoms with van der Waals surface area (Å²) in [5.74, 6) is 3.44. The first kappa shape index (κ1) is 19.7. The van der Waals surface area contributed by atoms with E-state index in [0.29, 0.717) is 5.95 Å². The second-order valence-corrected chi connectivity index (χ2v) is 8.46. The third-order valence-corrected chi connectivity index (χ3v) is 6.09. The Morgan fingerprint density at radius 2 is 1.97 bits per heavy atom. The fourth-order valence-corrected chi connectivity index (χ4v) is 4.29. The molecule has 6 rings (SSSR count). The molecule has 0 fully saturated rings. The number of benzene rings is 1. The highest BCUT2D eigenvalue weighted by molar-refractivity contribution is 6.30. The summed E-state index contributed by atoms with van der Waals surface area (Å²) in [7, 11) is 1.86. The Bertz CT molecular complexity index is 1450. The number of nitrogens with zero attached hydrogens (tertiary/aromatic N) is 7. The molecule has 33 heavy (non-hydrogen) atoms. The molecule has 0 saturated carbocycles. The highest BCUT2D eigenvalue weighted by Gasteiger charge is 2.25. The molecule has 2 N–H and O–H groups in total. The average molecular weight is 458 g/mol. The zero-order valence-electron chi connectivity index (χ0n) is 17.8. The van der Waals surface area contributed by atoms with Gasteiger partial charge in [0.1, 0.15) is 17.5 Å². The predicted octanol–water partition coefficient (Wildman–Crippen LogP) is 4.07. The van der Waals surface area contributed by atoms with Crippen molar-refractivity contribution in [3.8, 4) is 11.3 Å². The minimum Gasteiger partial charge on any atom is -0.370 e. The van der Waals surface area contributed by atoms with Gasteiger partial charge in [-0.15, -0.1) is 10.2 Å². The molecular formula is C23H20ClN9. The Hall–Kier alpha value is -3.98. The minimum absolute atomic E-state index is 0.216. The van der Waals surface area contributed by atoms with Gasteiger partial charge in [-0.1, -0.05) is 23.7 Å². The van der Waals surface area contributed by atoms with E-state index in [1.165, 1.54) is 5.56 Å². The van der Waals surface area contributed by atoms with Crippen molar-refractivity contribution in [2.24, 2.45) is 7.05 Å². The van der Waals surface area contributed by atoms with Gasteiger partial charge in [-0.25, -0.2) is 9.97 Å². The third-order valence-electron chi connectivity index (χ3n) is 5.83. The molecule has 5 heterocycles. The van der Waals surface area contributed by atoms with Crippen LogP contribution < -0.4 is 10.6 Å². The van der Waals surface area contributed by atoms with Crippen LogP contribution in [-0.4, -0.2) is 40.9 Å². The standard InChI is InChI=1S/C23H20ClN9/c1-32-19(7-9-27-32)29-23-25-8-6-18(28-23)15-11-20-26-13-16(10-14-2-4-17(24)5-3-14)22-31-30-21(12-15)33(20)22/h2-9,11-12,16,26H,10,13H2,1H3,(H,25,28,29). The number of aryl methyl sites for hydroxylation is 1. The molecule has 164 valence electrons. The maximum atomic E-state index is 6.03. The van der Waals surface area contributed by atoms with Crippen molar-refractivity contribution in [3.05, 3.63) is 77.3 Å². The first-order valence-electron chi connectivity index (χ1n) is 10.6. The van der Waals surface area contributed by atoms with Crippen LogP contribution in [0, 0.1) is 0 Å². The van der Waals surface area contributed by atoms with E-state index in [1.807, 2.05) is 37.4 Å². The van der Waals surface area contributed by atoms with Gasteiger partial charge in [-0.05, 0) is 42.3 Å². The number of rotatable bonds is 5. The summed E-state index contributed by atoms with van der Waals surface area (Å²) in [6.45, 7) is 0.775. The lowest BCUT2D eigenvalue weighted by Gasteiger charge is -2.24. The van der Waals surface area contributed by atoms with Crippen LogP contribution in [0.1, 0.15) is 17.3 Å². The summed E-state index contributed by atoms with van der Waals surface area (Å²) < 4.78 is 3.82. The van der Waals surface area contributed by atoms with E-state index in [1.54, 1.807) is 17.1 Å². The quantitative estimate of drug-likeness (QED) is 0.410. The molecule has 0 amide bonds. The molecule has 0 spiro atoms. The zero-order valence-corrected chi connectivity index (χ0v) is 18.5. The molecule has 1 aromatic carbocycles. The number of pyridine rings is 1. The van der Waals surface area contributed by atoms with Crippen molar-refractivity contribution in [2.45, 2.75) is 12.3 Å². The van der Waals surface area contributed by atoms with E-state index in [-0.39, 0.29) is 5.92 Å². The fourth-order valence-electron chi connectivity index (χ4n) is 4.16. The summed E-state index contributed by atoms with van der Waals surface area (Å²) in [6.07, 6.45) is 4.32. The first-order chi connectivity index (χ1) is 16.1. The highest BCUT2D eigenvalue weighted by atomic mass is 35.5. The Kier molecular flexibility index (Phi) is 4.69. The lowest BCUT2D eigenvalue weighted by Crippen LogP contribution is -2.24. The van der Waals surface area contributed by atoms with Crippen LogP contribution in [0.2, 0.25) is 5.02 Å². The monoisotopic (exact) mass is 457 g/mol. The first-order valence-corrected chi connectivity index (χ1v) is 11.0.